The number of nitrogens with zero attached hydrogens (tertiary/aromatic N) is 3. The molecule has 0 radical (unpaired) electrons. The molecular weight excluding hydrogens is 614 g/mol. The van der Waals surface area contributed by atoms with Crippen molar-refractivity contribution in [3.05, 3.63) is 67.3 Å². The Hall–Kier alpha value is -5.13. The fraction of sp³-hybridized carbons (Fsp3) is 0.417. The van der Waals surface area contributed by atoms with Crippen molar-refractivity contribution in [2.24, 2.45) is 0 Å². The van der Waals surface area contributed by atoms with Crippen LogP contribution in [0.3, 0.4) is 0 Å². The van der Waals surface area contributed by atoms with Crippen LogP contribution in [0.1, 0.15) is 40.0 Å². The van der Waals surface area contributed by atoms with Gasteiger partial charge in [-0.15, -0.1) is 0 Å². The van der Waals surface area contributed by atoms with E-state index in [1.165, 1.54) is 18.0 Å². The summed E-state index contributed by atoms with van der Waals surface area (Å²) in [5, 5.41) is 6.26. The van der Waals surface area contributed by atoms with E-state index in [2.05, 4.69) is 17.2 Å². The van der Waals surface area contributed by atoms with E-state index in [0.717, 1.165) is 10.9 Å². The summed E-state index contributed by atoms with van der Waals surface area (Å²) in [7, 11) is 3.11. The van der Waals surface area contributed by atoms with Crippen molar-refractivity contribution in [2.75, 3.05) is 33.8 Å². The molecule has 4 amide bonds. The number of ether oxygens (including phenoxy) is 3. The first-order chi connectivity index (χ1) is 22.9. The number of rotatable bonds is 8. The molecule has 48 heavy (non-hydrogen) atoms. The van der Waals surface area contributed by atoms with Gasteiger partial charge in [-0.05, 0) is 51.8 Å². The SMILES string of the molecule is C=CC(=O)N1CCC(NC(=O)OC(C)(C)C)(C(=O)N2C[C@H](Oc3cc(-c4ccccc4)nc4cc(OC)ccc34)C[C@H]2C(=O)NC)CC1. The number of alkyl carbamates (subject to hydrolysis) is 1. The number of benzene rings is 2. The summed E-state index contributed by atoms with van der Waals surface area (Å²) < 4.78 is 17.6. The zero-order valence-electron chi connectivity index (χ0n) is 28.1. The number of pyridine rings is 1. The van der Waals surface area contributed by atoms with Crippen molar-refractivity contribution in [1.82, 2.24) is 25.4 Å². The number of hydrogen-bond acceptors (Lipinski definition) is 8. The van der Waals surface area contributed by atoms with Crippen molar-refractivity contribution in [2.45, 2.75) is 63.3 Å². The highest BCUT2D eigenvalue weighted by molar-refractivity contribution is 5.95. The minimum atomic E-state index is -1.41. The predicted octanol–water partition coefficient (Wildman–Crippen LogP) is 4.08. The number of likely N-dealkylation sites (tertiary alicyclic amines) is 2. The minimum absolute atomic E-state index is 0.0879. The van der Waals surface area contributed by atoms with Crippen LogP contribution in [0, 0.1) is 0 Å². The quantitative estimate of drug-likeness (QED) is 0.346. The van der Waals surface area contributed by atoms with Crippen molar-refractivity contribution < 1.29 is 33.4 Å². The molecule has 0 saturated carbocycles. The van der Waals surface area contributed by atoms with Gasteiger partial charge >= 0.3 is 6.09 Å². The van der Waals surface area contributed by atoms with Gasteiger partial charge in [-0.1, -0.05) is 36.9 Å². The Morgan fingerprint density at radius 3 is 2.38 bits per heavy atom. The van der Waals surface area contributed by atoms with Crippen LogP contribution < -0.4 is 20.1 Å². The zero-order chi connectivity index (χ0) is 34.6. The molecule has 1 aromatic heterocycles. The van der Waals surface area contributed by atoms with Gasteiger partial charge in [0.1, 0.15) is 34.8 Å². The summed E-state index contributed by atoms with van der Waals surface area (Å²) in [5.74, 6) is 0.146. The lowest BCUT2D eigenvalue weighted by Gasteiger charge is -2.43. The summed E-state index contributed by atoms with van der Waals surface area (Å²) in [6.07, 6.45) is 0.385. The molecule has 2 fully saturated rings. The van der Waals surface area contributed by atoms with Crippen LogP contribution in [0.4, 0.5) is 4.79 Å². The highest BCUT2D eigenvalue weighted by Crippen LogP contribution is 2.36. The van der Waals surface area contributed by atoms with E-state index in [1.54, 1.807) is 32.8 Å². The Bertz CT molecular complexity index is 1700. The average molecular weight is 658 g/mol. The summed E-state index contributed by atoms with van der Waals surface area (Å²) in [5.41, 5.74) is 0.0419. The fourth-order valence-electron chi connectivity index (χ4n) is 6.26. The van der Waals surface area contributed by atoms with Gasteiger partial charge in [0.2, 0.25) is 17.7 Å². The molecule has 2 atom stereocenters. The van der Waals surface area contributed by atoms with Gasteiger partial charge in [-0.25, -0.2) is 9.78 Å². The summed E-state index contributed by atoms with van der Waals surface area (Å²) in [6, 6.07) is 16.2. The van der Waals surface area contributed by atoms with Gasteiger partial charge in [-0.3, -0.25) is 14.4 Å². The average Bonchev–Trinajstić information content (AvgIpc) is 3.50. The van der Waals surface area contributed by atoms with E-state index in [9.17, 15) is 19.2 Å². The van der Waals surface area contributed by atoms with Gasteiger partial charge in [0.05, 0.1) is 24.9 Å². The molecule has 254 valence electrons. The molecule has 2 saturated heterocycles. The van der Waals surface area contributed by atoms with Gasteiger partial charge in [0.25, 0.3) is 0 Å². The molecule has 12 heteroatoms. The Labute approximate surface area is 280 Å². The highest BCUT2D eigenvalue weighted by atomic mass is 16.6. The molecule has 0 unspecified atom stereocenters. The number of aromatic nitrogens is 1. The first-order valence-corrected chi connectivity index (χ1v) is 16.0. The summed E-state index contributed by atoms with van der Waals surface area (Å²) in [4.78, 5) is 61.3. The Morgan fingerprint density at radius 2 is 1.75 bits per heavy atom. The van der Waals surface area contributed by atoms with Crippen LogP contribution in [0.2, 0.25) is 0 Å². The molecule has 0 aliphatic carbocycles. The number of amides is 4. The zero-order valence-corrected chi connectivity index (χ0v) is 28.1. The lowest BCUT2D eigenvalue weighted by Crippen LogP contribution is -2.66. The summed E-state index contributed by atoms with van der Waals surface area (Å²) in [6.45, 7) is 9.27. The molecule has 2 aliphatic rings. The molecule has 0 spiro atoms. The number of piperidine rings is 1. The maximum absolute atomic E-state index is 14.6. The molecule has 3 aromatic rings. The smallest absolute Gasteiger partial charge is 0.408 e. The molecule has 2 aromatic carbocycles. The number of fused-ring (bicyclic) bond motifs is 1. The second-order valence-electron chi connectivity index (χ2n) is 13.1. The van der Waals surface area contributed by atoms with Crippen molar-refractivity contribution in [3.63, 3.8) is 0 Å². The highest BCUT2D eigenvalue weighted by Gasteiger charge is 2.51. The summed E-state index contributed by atoms with van der Waals surface area (Å²) >= 11 is 0. The predicted molar refractivity (Wildman–Crippen MR) is 180 cm³/mol. The number of hydrogen-bond donors (Lipinski definition) is 2. The maximum atomic E-state index is 14.6. The molecular formula is C36H43N5O7. The van der Waals surface area contributed by atoms with Crippen LogP contribution >= 0.6 is 0 Å². The van der Waals surface area contributed by atoms with E-state index in [0.29, 0.717) is 22.7 Å². The van der Waals surface area contributed by atoms with Gasteiger partial charge in [0.15, 0.2) is 0 Å². The van der Waals surface area contributed by atoms with E-state index < -0.39 is 35.3 Å². The molecule has 3 heterocycles. The topological polar surface area (TPSA) is 139 Å². The Morgan fingerprint density at radius 1 is 1.04 bits per heavy atom. The third-order valence-electron chi connectivity index (χ3n) is 8.67. The molecule has 2 aliphatic heterocycles. The lowest BCUT2D eigenvalue weighted by atomic mass is 9.85. The Kier molecular flexibility index (Phi) is 9.92. The van der Waals surface area contributed by atoms with Crippen molar-refractivity contribution in [1.29, 1.82) is 0 Å². The first kappa shape index (κ1) is 34.2. The minimum Gasteiger partial charge on any atom is -0.497 e. The fourth-order valence-corrected chi connectivity index (χ4v) is 6.26. The maximum Gasteiger partial charge on any atom is 0.408 e. The normalized spacial score (nSPS) is 18.9. The largest absolute Gasteiger partial charge is 0.497 e. The number of nitrogens with one attached hydrogen (secondary N) is 2. The van der Waals surface area contributed by atoms with Crippen LogP contribution in [-0.4, -0.2) is 95.7 Å². The third kappa shape index (κ3) is 7.37. The second-order valence-corrected chi connectivity index (χ2v) is 13.1. The number of likely N-dealkylation sites (N-methyl/N-ethyl adjacent to an activating group) is 1. The Balaban J connectivity index is 1.47. The van der Waals surface area contributed by atoms with E-state index >= 15 is 0 Å². The van der Waals surface area contributed by atoms with Crippen LogP contribution in [0.25, 0.3) is 22.2 Å². The van der Waals surface area contributed by atoms with E-state index in [1.807, 2.05) is 54.6 Å². The van der Waals surface area contributed by atoms with E-state index in [4.69, 9.17) is 19.2 Å². The second kappa shape index (κ2) is 13.9. The van der Waals surface area contributed by atoms with Gasteiger partial charge in [-0.2, -0.15) is 0 Å². The molecule has 5 rings (SSSR count). The van der Waals surface area contributed by atoms with Crippen molar-refractivity contribution >= 4 is 34.7 Å². The monoisotopic (exact) mass is 657 g/mol. The van der Waals surface area contributed by atoms with Crippen LogP contribution in [0.5, 0.6) is 11.5 Å². The van der Waals surface area contributed by atoms with Gasteiger partial charge < -0.3 is 34.6 Å². The van der Waals surface area contributed by atoms with E-state index in [-0.39, 0.29) is 50.7 Å². The van der Waals surface area contributed by atoms with Crippen LogP contribution in [0.15, 0.2) is 67.3 Å². The molecule has 2 N–H and O–H groups in total. The van der Waals surface area contributed by atoms with Crippen molar-refractivity contribution in [3.8, 4) is 22.8 Å². The standard InChI is InChI=1S/C36H43N5O7/c1-7-31(42)40-17-15-36(16-18-40,39-34(45)48-35(2,3)4)33(44)41-22-25(20-29(41)32(43)37-5)47-30-21-27(23-11-9-8-10-12-23)38-28-19-24(46-6)13-14-26(28)30/h7-14,19,21,25,29H,1,15-18,20,22H2,2-6H3,(H,37,43)(H,39,45)/t25-,29+/m1/s1. The molecule has 12 nitrogen and oxygen atoms in total. The first-order valence-electron chi connectivity index (χ1n) is 16.0. The molecule has 0 bridgehead atoms. The lowest BCUT2D eigenvalue weighted by molar-refractivity contribution is -0.146. The third-order valence-corrected chi connectivity index (χ3v) is 8.67. The van der Waals surface area contributed by atoms with Crippen LogP contribution in [-0.2, 0) is 19.1 Å². The number of methoxy groups -OCH3 is 1. The number of carbonyl (C=O) groups excluding carboxylic acids is 4. The van der Waals surface area contributed by atoms with Gasteiger partial charge in [0, 0.05) is 49.6 Å². The number of carbonyl (C=O) groups is 4.